The molecule has 0 spiro atoms. The van der Waals surface area contributed by atoms with E-state index in [1.165, 1.54) is 6.42 Å². The lowest BCUT2D eigenvalue weighted by Gasteiger charge is -2.35. The number of hydrogen-bond donors (Lipinski definition) is 0. The molecule has 0 unspecified atom stereocenters. The second-order valence-electron chi connectivity index (χ2n) is 7.02. The maximum absolute atomic E-state index is 12.3. The monoisotopic (exact) mass is 359 g/mol. The van der Waals surface area contributed by atoms with Gasteiger partial charge in [-0.1, -0.05) is 18.2 Å². The van der Waals surface area contributed by atoms with Gasteiger partial charge in [0.2, 0.25) is 5.91 Å². The number of hydrogen-bond acceptors (Lipinski definition) is 4. The Morgan fingerprint density at radius 3 is 2.15 bits per heavy atom. The highest BCUT2D eigenvalue weighted by Gasteiger charge is 2.23. The molecule has 142 valence electrons. The molecule has 26 heavy (non-hydrogen) atoms. The smallest absolute Gasteiger partial charge is 0.260 e. The molecule has 0 atom stereocenters. The standard InChI is InChI=1S/C20H29N3O3/c24-19(22-10-5-2-6-11-22)9-12-21-13-15-23(16-14-21)20(25)17-26-18-7-3-1-4-8-18/h1,3-4,7-8H,2,5-6,9-17H2. The van der Waals surface area contributed by atoms with Gasteiger partial charge in [0, 0.05) is 52.2 Å². The van der Waals surface area contributed by atoms with Crippen LogP contribution in [0.5, 0.6) is 5.75 Å². The third-order valence-electron chi connectivity index (χ3n) is 5.18. The van der Waals surface area contributed by atoms with Gasteiger partial charge < -0.3 is 14.5 Å². The average molecular weight is 359 g/mol. The van der Waals surface area contributed by atoms with Crippen LogP contribution in [0.15, 0.2) is 30.3 Å². The predicted octanol–water partition coefficient (Wildman–Crippen LogP) is 1.61. The van der Waals surface area contributed by atoms with E-state index >= 15 is 0 Å². The van der Waals surface area contributed by atoms with E-state index in [1.807, 2.05) is 40.1 Å². The molecule has 2 fully saturated rings. The van der Waals surface area contributed by atoms with Crippen LogP contribution in [0, 0.1) is 0 Å². The van der Waals surface area contributed by atoms with Gasteiger partial charge in [-0.15, -0.1) is 0 Å². The minimum atomic E-state index is 0.0258. The van der Waals surface area contributed by atoms with Crippen molar-refractivity contribution in [1.82, 2.24) is 14.7 Å². The Labute approximate surface area is 155 Å². The zero-order valence-electron chi connectivity index (χ0n) is 15.4. The van der Waals surface area contributed by atoms with Gasteiger partial charge in [-0.3, -0.25) is 14.5 Å². The molecule has 6 nitrogen and oxygen atoms in total. The zero-order chi connectivity index (χ0) is 18.2. The fourth-order valence-electron chi connectivity index (χ4n) is 3.53. The third kappa shape index (κ3) is 5.46. The van der Waals surface area contributed by atoms with Crippen LogP contribution in [-0.2, 0) is 9.59 Å². The number of amides is 2. The van der Waals surface area contributed by atoms with Gasteiger partial charge in [0.25, 0.3) is 5.91 Å². The summed E-state index contributed by atoms with van der Waals surface area (Å²) in [6.07, 6.45) is 4.11. The summed E-state index contributed by atoms with van der Waals surface area (Å²) < 4.78 is 5.54. The number of nitrogens with zero attached hydrogens (tertiary/aromatic N) is 3. The number of rotatable bonds is 6. The van der Waals surface area contributed by atoms with Crippen LogP contribution in [0.25, 0.3) is 0 Å². The van der Waals surface area contributed by atoms with Crippen LogP contribution >= 0.6 is 0 Å². The van der Waals surface area contributed by atoms with Crippen molar-refractivity contribution in [1.29, 1.82) is 0 Å². The summed E-state index contributed by atoms with van der Waals surface area (Å²) >= 11 is 0. The summed E-state index contributed by atoms with van der Waals surface area (Å²) in [5.41, 5.74) is 0. The first-order chi connectivity index (χ1) is 12.7. The van der Waals surface area contributed by atoms with Crippen LogP contribution in [0.4, 0.5) is 0 Å². The molecule has 2 amide bonds. The average Bonchev–Trinajstić information content (AvgIpc) is 2.72. The van der Waals surface area contributed by atoms with Crippen LogP contribution in [0.3, 0.4) is 0 Å². The molecule has 2 heterocycles. The molecule has 6 heteroatoms. The van der Waals surface area contributed by atoms with Gasteiger partial charge in [0.05, 0.1) is 0 Å². The van der Waals surface area contributed by atoms with Crippen LogP contribution < -0.4 is 4.74 Å². The first-order valence-corrected chi connectivity index (χ1v) is 9.68. The van der Waals surface area contributed by atoms with Gasteiger partial charge in [-0.25, -0.2) is 0 Å². The summed E-state index contributed by atoms with van der Waals surface area (Å²) in [6, 6.07) is 9.41. The first-order valence-electron chi connectivity index (χ1n) is 9.68. The normalized spacial score (nSPS) is 18.6. The number of piperazine rings is 1. The van der Waals surface area contributed by atoms with Gasteiger partial charge >= 0.3 is 0 Å². The minimum absolute atomic E-state index is 0.0258. The first kappa shape index (κ1) is 18.7. The SMILES string of the molecule is O=C(CCN1CCN(C(=O)COc2ccccc2)CC1)N1CCCCC1. The maximum Gasteiger partial charge on any atom is 0.260 e. The fraction of sp³-hybridized carbons (Fsp3) is 0.600. The summed E-state index contributed by atoms with van der Waals surface area (Å²) in [7, 11) is 0. The molecule has 0 N–H and O–H groups in total. The van der Waals surface area contributed by atoms with Crippen LogP contribution in [0.2, 0.25) is 0 Å². The van der Waals surface area contributed by atoms with Gasteiger partial charge in [-0.2, -0.15) is 0 Å². The molecule has 0 aromatic heterocycles. The van der Waals surface area contributed by atoms with Crippen molar-refractivity contribution >= 4 is 11.8 Å². The Kier molecular flexibility index (Phi) is 6.89. The Bertz CT molecular complexity index is 579. The third-order valence-corrected chi connectivity index (χ3v) is 5.18. The number of carbonyl (C=O) groups excluding carboxylic acids is 2. The Morgan fingerprint density at radius 2 is 1.46 bits per heavy atom. The molecular weight excluding hydrogens is 330 g/mol. The second-order valence-corrected chi connectivity index (χ2v) is 7.02. The number of piperidine rings is 1. The Morgan fingerprint density at radius 1 is 0.808 bits per heavy atom. The van der Waals surface area contributed by atoms with E-state index in [0.29, 0.717) is 19.5 Å². The molecule has 2 saturated heterocycles. The molecule has 1 aromatic carbocycles. The number of benzene rings is 1. The summed E-state index contributed by atoms with van der Waals surface area (Å²) in [6.45, 7) is 5.76. The van der Waals surface area contributed by atoms with E-state index in [-0.39, 0.29) is 18.4 Å². The maximum atomic E-state index is 12.3. The Hall–Kier alpha value is -2.08. The van der Waals surface area contributed by atoms with Crippen molar-refractivity contribution in [2.75, 3.05) is 52.4 Å². The van der Waals surface area contributed by atoms with Gasteiger partial charge in [0.1, 0.15) is 5.75 Å². The van der Waals surface area contributed by atoms with Crippen molar-refractivity contribution in [3.8, 4) is 5.75 Å². The number of para-hydroxylation sites is 1. The van der Waals surface area contributed by atoms with Crippen molar-refractivity contribution in [3.63, 3.8) is 0 Å². The molecular formula is C20H29N3O3. The summed E-state index contributed by atoms with van der Waals surface area (Å²) in [5, 5.41) is 0. The number of ether oxygens (including phenoxy) is 1. The lowest BCUT2D eigenvalue weighted by molar-refractivity contribution is -0.136. The van der Waals surface area contributed by atoms with Gasteiger partial charge in [-0.05, 0) is 31.4 Å². The quantitative estimate of drug-likeness (QED) is 0.774. The van der Waals surface area contributed by atoms with Crippen molar-refractivity contribution in [3.05, 3.63) is 30.3 Å². The molecule has 0 saturated carbocycles. The molecule has 0 bridgehead atoms. The molecule has 1 aromatic rings. The molecule has 0 radical (unpaired) electrons. The predicted molar refractivity (Wildman–Crippen MR) is 100 cm³/mol. The minimum Gasteiger partial charge on any atom is -0.484 e. The molecule has 2 aliphatic heterocycles. The van der Waals surface area contributed by atoms with Crippen LogP contribution in [0.1, 0.15) is 25.7 Å². The molecule has 3 rings (SSSR count). The van der Waals surface area contributed by atoms with Crippen molar-refractivity contribution < 1.29 is 14.3 Å². The highest BCUT2D eigenvalue weighted by molar-refractivity contribution is 5.78. The van der Waals surface area contributed by atoms with Crippen molar-refractivity contribution in [2.45, 2.75) is 25.7 Å². The van der Waals surface area contributed by atoms with E-state index in [4.69, 9.17) is 4.74 Å². The highest BCUT2D eigenvalue weighted by atomic mass is 16.5. The highest BCUT2D eigenvalue weighted by Crippen LogP contribution is 2.12. The molecule has 0 aliphatic carbocycles. The molecule has 2 aliphatic rings. The summed E-state index contributed by atoms with van der Waals surface area (Å²) in [4.78, 5) is 30.7. The van der Waals surface area contributed by atoms with Gasteiger partial charge in [0.15, 0.2) is 6.61 Å². The zero-order valence-corrected chi connectivity index (χ0v) is 15.4. The van der Waals surface area contributed by atoms with E-state index in [1.54, 1.807) is 0 Å². The summed E-state index contributed by atoms with van der Waals surface area (Å²) in [5.74, 6) is 1.02. The largest absolute Gasteiger partial charge is 0.484 e. The van der Waals surface area contributed by atoms with E-state index in [0.717, 1.165) is 51.3 Å². The van der Waals surface area contributed by atoms with Crippen molar-refractivity contribution in [2.24, 2.45) is 0 Å². The van der Waals surface area contributed by atoms with Crippen LogP contribution in [-0.4, -0.2) is 78.9 Å². The van der Waals surface area contributed by atoms with E-state index in [9.17, 15) is 9.59 Å². The van der Waals surface area contributed by atoms with E-state index < -0.39 is 0 Å². The Balaban J connectivity index is 1.33. The fourth-order valence-corrected chi connectivity index (χ4v) is 3.53. The number of likely N-dealkylation sites (tertiary alicyclic amines) is 1. The second kappa shape index (κ2) is 9.57. The number of carbonyl (C=O) groups is 2. The van der Waals surface area contributed by atoms with E-state index in [2.05, 4.69) is 4.90 Å². The lowest BCUT2D eigenvalue weighted by atomic mass is 10.1. The topological polar surface area (TPSA) is 53.1 Å². The lowest BCUT2D eigenvalue weighted by Crippen LogP contribution is -2.50.